The number of amides is 1. The van der Waals surface area contributed by atoms with Crippen molar-refractivity contribution < 1.29 is 27.1 Å². The van der Waals surface area contributed by atoms with Crippen LogP contribution in [-0.4, -0.2) is 37.7 Å². The lowest BCUT2D eigenvalue weighted by Crippen LogP contribution is -2.32. The number of anilines is 1. The van der Waals surface area contributed by atoms with Crippen LogP contribution in [0.1, 0.15) is 0 Å². The van der Waals surface area contributed by atoms with Gasteiger partial charge in [0.1, 0.15) is 5.69 Å². The van der Waals surface area contributed by atoms with Crippen LogP contribution in [0.3, 0.4) is 0 Å². The lowest BCUT2D eigenvalue weighted by atomic mass is 10.3. The number of nitrogens with one attached hydrogen (secondary N) is 2. The van der Waals surface area contributed by atoms with Crippen molar-refractivity contribution in [3.05, 3.63) is 23.5 Å². The Morgan fingerprint density at radius 2 is 1.79 bits per heavy atom. The zero-order chi connectivity index (χ0) is 14.4. The topological polar surface area (TPSA) is 63.2 Å². The molecule has 0 unspecified atom stereocenters. The maximum Gasteiger partial charge on any atom is 0.253 e. The van der Waals surface area contributed by atoms with E-state index in [0.717, 1.165) is 0 Å². The average molecular weight is 281 g/mol. The van der Waals surface area contributed by atoms with E-state index >= 15 is 0 Å². The van der Waals surface area contributed by atoms with Crippen molar-refractivity contribution in [2.75, 3.05) is 32.1 Å². The van der Waals surface area contributed by atoms with Crippen molar-refractivity contribution in [3.8, 4) is 0 Å². The number of hydrogen-bond donors (Lipinski definition) is 2. The van der Waals surface area contributed by atoms with Crippen molar-refractivity contribution in [2.45, 2.75) is 0 Å². The summed E-state index contributed by atoms with van der Waals surface area (Å²) in [5, 5.41) is 4.31. The van der Waals surface area contributed by atoms with E-state index in [4.69, 9.17) is 0 Å². The van der Waals surface area contributed by atoms with Gasteiger partial charge in [-0.3, -0.25) is 4.79 Å². The summed E-state index contributed by atoms with van der Waals surface area (Å²) in [5.74, 6) is -7.58. The molecule has 1 amide bonds. The summed E-state index contributed by atoms with van der Waals surface area (Å²) < 4.78 is 56.4. The third kappa shape index (κ3) is 4.05. The fraction of sp³-hybridized carbons (Fsp3) is 0.400. The number of methoxy groups -OCH3 is 1. The predicted molar refractivity (Wildman–Crippen MR) is 57.4 cm³/mol. The predicted octanol–water partition coefficient (Wildman–Crippen LogP) is 0.812. The number of ether oxygens (including phenoxy) is 1. The summed E-state index contributed by atoms with van der Waals surface area (Å²) in [7, 11) is 1.43. The van der Waals surface area contributed by atoms with Crippen LogP contribution in [0, 0.1) is 23.5 Å². The minimum Gasteiger partial charge on any atom is -0.383 e. The molecule has 5 nitrogen and oxygen atoms in total. The molecule has 1 aromatic heterocycles. The van der Waals surface area contributed by atoms with Gasteiger partial charge in [-0.15, -0.1) is 0 Å². The minimum atomic E-state index is -1.79. The first-order chi connectivity index (χ1) is 8.97. The highest BCUT2D eigenvalue weighted by atomic mass is 19.2. The molecule has 2 N–H and O–H groups in total. The number of carbonyl (C=O) groups excluding carboxylic acids is 1. The largest absolute Gasteiger partial charge is 0.383 e. The molecule has 0 aliphatic carbocycles. The van der Waals surface area contributed by atoms with Crippen LogP contribution in [0.5, 0.6) is 0 Å². The number of rotatable bonds is 6. The third-order valence-electron chi connectivity index (χ3n) is 2.05. The molecule has 1 aromatic rings. The van der Waals surface area contributed by atoms with Crippen LogP contribution in [0.2, 0.25) is 0 Å². The maximum atomic E-state index is 13.1. The standard InChI is InChI=1S/C10H11F4N3O2/c1-19-3-2-15-5(18)4-16-8-6(11)9(13)17-10(14)7(8)12/h2-4H2,1H3,(H,15,18)(H,16,17). The Kier molecular flexibility index (Phi) is 5.49. The Labute approximate surface area is 106 Å². The molecule has 9 heteroatoms. The minimum absolute atomic E-state index is 0.195. The molecule has 106 valence electrons. The molecule has 0 atom stereocenters. The molecule has 0 saturated carbocycles. The molecule has 0 aliphatic heterocycles. The quantitative estimate of drug-likeness (QED) is 0.460. The van der Waals surface area contributed by atoms with E-state index in [1.165, 1.54) is 7.11 Å². The zero-order valence-electron chi connectivity index (χ0n) is 9.90. The van der Waals surface area contributed by atoms with Crippen LogP contribution in [0.25, 0.3) is 0 Å². The molecular weight excluding hydrogens is 270 g/mol. The van der Waals surface area contributed by atoms with Crippen LogP contribution >= 0.6 is 0 Å². The van der Waals surface area contributed by atoms with E-state index in [-0.39, 0.29) is 13.2 Å². The van der Waals surface area contributed by atoms with E-state index < -0.39 is 41.7 Å². The second kappa shape index (κ2) is 6.88. The monoisotopic (exact) mass is 281 g/mol. The van der Waals surface area contributed by atoms with Gasteiger partial charge in [-0.2, -0.15) is 22.5 Å². The number of pyridine rings is 1. The Morgan fingerprint density at radius 1 is 1.21 bits per heavy atom. The summed E-state index contributed by atoms with van der Waals surface area (Å²) in [6.07, 6.45) is 0. The van der Waals surface area contributed by atoms with Crippen molar-refractivity contribution in [3.63, 3.8) is 0 Å². The van der Waals surface area contributed by atoms with Gasteiger partial charge in [-0.05, 0) is 0 Å². The summed E-state index contributed by atoms with van der Waals surface area (Å²) in [6, 6.07) is 0. The van der Waals surface area contributed by atoms with Gasteiger partial charge in [0.15, 0.2) is 0 Å². The normalized spacial score (nSPS) is 10.4. The Morgan fingerprint density at radius 3 is 2.32 bits per heavy atom. The van der Waals surface area contributed by atoms with Gasteiger partial charge in [0.2, 0.25) is 17.5 Å². The first-order valence-corrected chi connectivity index (χ1v) is 5.16. The van der Waals surface area contributed by atoms with Gasteiger partial charge in [-0.25, -0.2) is 0 Å². The molecule has 19 heavy (non-hydrogen) atoms. The molecule has 0 aromatic carbocycles. The van der Waals surface area contributed by atoms with Crippen molar-refractivity contribution in [1.29, 1.82) is 0 Å². The number of hydrogen-bond acceptors (Lipinski definition) is 4. The van der Waals surface area contributed by atoms with Crippen molar-refractivity contribution >= 4 is 11.6 Å². The van der Waals surface area contributed by atoms with Gasteiger partial charge < -0.3 is 15.4 Å². The highest BCUT2D eigenvalue weighted by Crippen LogP contribution is 2.21. The third-order valence-corrected chi connectivity index (χ3v) is 2.05. The zero-order valence-corrected chi connectivity index (χ0v) is 9.90. The van der Waals surface area contributed by atoms with Crippen molar-refractivity contribution in [1.82, 2.24) is 10.3 Å². The second-order valence-corrected chi connectivity index (χ2v) is 3.39. The molecule has 0 radical (unpaired) electrons. The number of halogens is 4. The highest BCUT2D eigenvalue weighted by molar-refractivity contribution is 5.80. The Balaban J connectivity index is 2.65. The van der Waals surface area contributed by atoms with E-state index in [1.807, 2.05) is 5.32 Å². The molecule has 1 heterocycles. The van der Waals surface area contributed by atoms with Crippen LogP contribution in [0.4, 0.5) is 23.2 Å². The van der Waals surface area contributed by atoms with E-state index in [1.54, 1.807) is 0 Å². The molecular formula is C10H11F4N3O2. The number of aromatic nitrogens is 1. The average Bonchev–Trinajstić information content (AvgIpc) is 2.37. The second-order valence-electron chi connectivity index (χ2n) is 3.39. The van der Waals surface area contributed by atoms with Gasteiger partial charge in [-0.1, -0.05) is 0 Å². The number of carbonyl (C=O) groups is 1. The van der Waals surface area contributed by atoms with E-state index in [9.17, 15) is 22.4 Å². The van der Waals surface area contributed by atoms with Gasteiger partial charge >= 0.3 is 0 Å². The van der Waals surface area contributed by atoms with E-state index in [0.29, 0.717) is 0 Å². The lowest BCUT2D eigenvalue weighted by Gasteiger charge is -2.09. The van der Waals surface area contributed by atoms with Crippen molar-refractivity contribution in [2.24, 2.45) is 0 Å². The van der Waals surface area contributed by atoms with E-state index in [2.05, 4.69) is 15.0 Å². The van der Waals surface area contributed by atoms with Crippen LogP contribution in [0.15, 0.2) is 0 Å². The Bertz CT molecular complexity index is 444. The summed E-state index contributed by atoms with van der Waals surface area (Å²) in [5.41, 5.74) is -1.08. The molecule has 0 aliphatic rings. The van der Waals surface area contributed by atoms with Crippen LogP contribution in [-0.2, 0) is 9.53 Å². The highest BCUT2D eigenvalue weighted by Gasteiger charge is 2.20. The molecule has 0 bridgehead atoms. The number of nitrogens with zero attached hydrogens (tertiary/aromatic N) is 1. The smallest absolute Gasteiger partial charge is 0.253 e. The maximum absolute atomic E-state index is 13.1. The molecule has 0 spiro atoms. The first-order valence-electron chi connectivity index (χ1n) is 5.16. The fourth-order valence-electron chi connectivity index (χ4n) is 1.17. The van der Waals surface area contributed by atoms with Gasteiger partial charge in [0, 0.05) is 13.7 Å². The fourth-order valence-corrected chi connectivity index (χ4v) is 1.17. The van der Waals surface area contributed by atoms with Gasteiger partial charge in [0.25, 0.3) is 11.9 Å². The molecule has 0 fully saturated rings. The first kappa shape index (κ1) is 15.2. The van der Waals surface area contributed by atoms with Gasteiger partial charge in [0.05, 0.1) is 13.2 Å². The lowest BCUT2D eigenvalue weighted by molar-refractivity contribution is -0.119. The molecule has 1 rings (SSSR count). The SMILES string of the molecule is COCCNC(=O)CNc1c(F)c(F)nc(F)c1F. The summed E-state index contributed by atoms with van der Waals surface area (Å²) >= 11 is 0. The summed E-state index contributed by atoms with van der Waals surface area (Å²) in [6.45, 7) is -0.103. The summed E-state index contributed by atoms with van der Waals surface area (Å²) in [4.78, 5) is 13.6. The molecule has 0 saturated heterocycles. The van der Waals surface area contributed by atoms with Crippen LogP contribution < -0.4 is 10.6 Å². The Hall–Kier alpha value is -1.90.